The highest BCUT2D eigenvalue weighted by Crippen LogP contribution is 2.21. The number of phenols is 1. The van der Waals surface area contributed by atoms with Gasteiger partial charge in [0.25, 0.3) is 0 Å². The first-order valence-corrected chi connectivity index (χ1v) is 5.95. The Labute approximate surface area is 98.6 Å². The summed E-state index contributed by atoms with van der Waals surface area (Å²) >= 11 is 1.64. The molecule has 0 fully saturated rings. The van der Waals surface area contributed by atoms with E-state index in [9.17, 15) is 5.11 Å². The quantitative estimate of drug-likeness (QED) is 0.857. The highest BCUT2D eigenvalue weighted by atomic mass is 32.1. The molecule has 4 heteroatoms. The van der Waals surface area contributed by atoms with Crippen LogP contribution in [0.3, 0.4) is 0 Å². The van der Waals surface area contributed by atoms with Crippen molar-refractivity contribution < 1.29 is 5.11 Å². The topological polar surface area (TPSA) is 59.1 Å². The van der Waals surface area contributed by atoms with Crippen LogP contribution in [0.5, 0.6) is 5.75 Å². The van der Waals surface area contributed by atoms with E-state index >= 15 is 0 Å². The molecule has 0 radical (unpaired) electrons. The largest absolute Gasteiger partial charge is 0.508 e. The lowest BCUT2D eigenvalue weighted by atomic mass is 10.1. The van der Waals surface area contributed by atoms with E-state index < -0.39 is 0 Å². The van der Waals surface area contributed by atoms with Gasteiger partial charge in [0.05, 0.1) is 5.01 Å². The van der Waals surface area contributed by atoms with Crippen LogP contribution in [0.25, 0.3) is 0 Å². The molecule has 0 aliphatic heterocycles. The van der Waals surface area contributed by atoms with Crippen molar-refractivity contribution in [1.29, 1.82) is 0 Å². The van der Waals surface area contributed by atoms with Crippen molar-refractivity contribution in [3.8, 4) is 5.75 Å². The number of hydrogen-bond acceptors (Lipinski definition) is 4. The van der Waals surface area contributed by atoms with Gasteiger partial charge in [-0.2, -0.15) is 0 Å². The normalized spacial score (nSPS) is 12.6. The van der Waals surface area contributed by atoms with E-state index in [-0.39, 0.29) is 6.04 Å². The third-order valence-corrected chi connectivity index (χ3v) is 3.51. The first-order chi connectivity index (χ1) is 7.65. The monoisotopic (exact) mass is 234 g/mol. The molecular weight excluding hydrogens is 220 g/mol. The van der Waals surface area contributed by atoms with Crippen LogP contribution < -0.4 is 5.73 Å². The fourth-order valence-corrected chi connectivity index (χ4v) is 2.31. The molecule has 1 aromatic carbocycles. The zero-order valence-electron chi connectivity index (χ0n) is 9.05. The molecule has 1 atom stereocenters. The summed E-state index contributed by atoms with van der Waals surface area (Å²) in [5.41, 5.74) is 6.92. The summed E-state index contributed by atoms with van der Waals surface area (Å²) in [5, 5.41) is 10.2. The molecule has 3 nitrogen and oxygen atoms in total. The molecule has 2 aromatic rings. The van der Waals surface area contributed by atoms with Gasteiger partial charge in [0.2, 0.25) is 0 Å². The number of nitrogens with zero attached hydrogens (tertiary/aromatic N) is 1. The van der Waals surface area contributed by atoms with Crippen molar-refractivity contribution in [3.05, 3.63) is 45.9 Å². The van der Waals surface area contributed by atoms with Gasteiger partial charge in [0.1, 0.15) is 5.75 Å². The Bertz CT molecular complexity index is 462. The maximum absolute atomic E-state index is 9.17. The number of nitrogens with two attached hydrogens (primary N) is 1. The van der Waals surface area contributed by atoms with E-state index in [4.69, 9.17) is 5.73 Å². The molecule has 2 rings (SSSR count). The minimum atomic E-state index is 0.0473. The summed E-state index contributed by atoms with van der Waals surface area (Å²) in [4.78, 5) is 5.44. The molecular formula is C12H14N2OS. The van der Waals surface area contributed by atoms with Crippen LogP contribution in [0.2, 0.25) is 0 Å². The average molecular weight is 234 g/mol. The number of rotatable bonds is 3. The molecule has 0 amide bonds. The van der Waals surface area contributed by atoms with Crippen LogP contribution >= 0.6 is 11.3 Å². The first kappa shape index (κ1) is 11.1. The Balaban J connectivity index is 2.11. The van der Waals surface area contributed by atoms with Crippen molar-refractivity contribution in [2.24, 2.45) is 5.73 Å². The SMILES string of the molecule is CC(N)c1cnc(Cc2ccc(O)cc2)s1. The summed E-state index contributed by atoms with van der Waals surface area (Å²) in [7, 11) is 0. The van der Waals surface area contributed by atoms with Gasteiger partial charge < -0.3 is 10.8 Å². The van der Waals surface area contributed by atoms with Gasteiger partial charge in [-0.3, -0.25) is 0 Å². The molecule has 16 heavy (non-hydrogen) atoms. The predicted molar refractivity (Wildman–Crippen MR) is 65.6 cm³/mol. The highest BCUT2D eigenvalue weighted by Gasteiger charge is 2.06. The van der Waals surface area contributed by atoms with Crippen molar-refractivity contribution in [1.82, 2.24) is 4.98 Å². The number of thiazole rings is 1. The second kappa shape index (κ2) is 4.63. The van der Waals surface area contributed by atoms with Gasteiger partial charge in [-0.05, 0) is 24.6 Å². The fraction of sp³-hybridized carbons (Fsp3) is 0.250. The second-order valence-electron chi connectivity index (χ2n) is 3.79. The third-order valence-electron chi connectivity index (χ3n) is 2.31. The van der Waals surface area contributed by atoms with Gasteiger partial charge in [0.15, 0.2) is 0 Å². The van der Waals surface area contributed by atoms with E-state index in [1.165, 1.54) is 0 Å². The van der Waals surface area contributed by atoms with E-state index in [0.717, 1.165) is 21.9 Å². The summed E-state index contributed by atoms with van der Waals surface area (Å²) in [6.07, 6.45) is 2.63. The summed E-state index contributed by atoms with van der Waals surface area (Å²) in [6, 6.07) is 7.24. The molecule has 1 unspecified atom stereocenters. The Morgan fingerprint density at radius 3 is 2.62 bits per heavy atom. The van der Waals surface area contributed by atoms with Crippen LogP contribution in [-0.4, -0.2) is 10.1 Å². The highest BCUT2D eigenvalue weighted by molar-refractivity contribution is 7.11. The van der Waals surface area contributed by atoms with Crippen molar-refractivity contribution in [2.75, 3.05) is 0 Å². The van der Waals surface area contributed by atoms with Crippen LogP contribution in [-0.2, 0) is 6.42 Å². The van der Waals surface area contributed by atoms with Crippen LogP contribution in [0, 0.1) is 0 Å². The summed E-state index contributed by atoms with van der Waals surface area (Å²) in [5.74, 6) is 0.291. The smallest absolute Gasteiger partial charge is 0.115 e. The lowest BCUT2D eigenvalue weighted by Crippen LogP contribution is -2.01. The van der Waals surface area contributed by atoms with Crippen molar-refractivity contribution >= 4 is 11.3 Å². The van der Waals surface area contributed by atoms with E-state index in [1.807, 2.05) is 25.3 Å². The first-order valence-electron chi connectivity index (χ1n) is 5.13. The van der Waals surface area contributed by atoms with Crippen LogP contribution in [0.15, 0.2) is 30.5 Å². The molecule has 84 valence electrons. The lowest BCUT2D eigenvalue weighted by molar-refractivity contribution is 0.475. The number of aromatic hydroxyl groups is 1. The number of phenolic OH excluding ortho intramolecular Hbond substituents is 1. The number of benzene rings is 1. The van der Waals surface area contributed by atoms with E-state index in [1.54, 1.807) is 23.5 Å². The fourth-order valence-electron chi connectivity index (χ4n) is 1.41. The van der Waals surface area contributed by atoms with Crippen LogP contribution in [0.4, 0.5) is 0 Å². The lowest BCUT2D eigenvalue weighted by Gasteiger charge is -1.99. The van der Waals surface area contributed by atoms with E-state index in [2.05, 4.69) is 4.98 Å². The molecule has 3 N–H and O–H groups in total. The third kappa shape index (κ3) is 2.59. The van der Waals surface area contributed by atoms with Gasteiger partial charge in [0, 0.05) is 23.5 Å². The number of aromatic nitrogens is 1. The van der Waals surface area contributed by atoms with Crippen LogP contribution in [0.1, 0.15) is 28.4 Å². The van der Waals surface area contributed by atoms with E-state index in [0.29, 0.717) is 5.75 Å². The Kier molecular flexibility index (Phi) is 3.22. The minimum absolute atomic E-state index is 0.0473. The average Bonchev–Trinajstić information content (AvgIpc) is 2.70. The zero-order valence-corrected chi connectivity index (χ0v) is 9.87. The molecule has 1 aromatic heterocycles. The maximum Gasteiger partial charge on any atom is 0.115 e. The Hall–Kier alpha value is -1.39. The van der Waals surface area contributed by atoms with Gasteiger partial charge in [-0.15, -0.1) is 11.3 Å². The maximum atomic E-state index is 9.17. The number of hydrogen-bond donors (Lipinski definition) is 2. The Morgan fingerprint density at radius 1 is 1.38 bits per heavy atom. The molecule has 0 aliphatic rings. The second-order valence-corrected chi connectivity index (χ2v) is 4.94. The van der Waals surface area contributed by atoms with Gasteiger partial charge >= 0.3 is 0 Å². The summed E-state index contributed by atoms with van der Waals surface area (Å²) in [6.45, 7) is 1.96. The van der Waals surface area contributed by atoms with Crippen molar-refractivity contribution in [2.45, 2.75) is 19.4 Å². The Morgan fingerprint density at radius 2 is 2.06 bits per heavy atom. The molecule has 0 saturated heterocycles. The molecule has 0 aliphatic carbocycles. The zero-order chi connectivity index (χ0) is 11.5. The molecule has 1 heterocycles. The molecule has 0 bridgehead atoms. The standard InChI is InChI=1S/C12H14N2OS/c1-8(13)11-7-14-12(16-11)6-9-2-4-10(15)5-3-9/h2-5,7-8,15H,6,13H2,1H3. The van der Waals surface area contributed by atoms with Crippen molar-refractivity contribution in [3.63, 3.8) is 0 Å². The predicted octanol–water partition coefficient (Wildman–Crippen LogP) is 2.46. The van der Waals surface area contributed by atoms with Gasteiger partial charge in [-0.25, -0.2) is 4.98 Å². The molecule has 0 spiro atoms. The molecule has 0 saturated carbocycles. The summed E-state index contributed by atoms with van der Waals surface area (Å²) < 4.78 is 0. The minimum Gasteiger partial charge on any atom is -0.508 e. The van der Waals surface area contributed by atoms with Gasteiger partial charge in [-0.1, -0.05) is 12.1 Å².